The maximum Gasteiger partial charge on any atom is 1.00 e. The minimum Gasteiger partial charge on any atom is -1.00 e. The zero-order valence-corrected chi connectivity index (χ0v) is 52.2. The normalized spacial score (nSPS) is 10.1. The van der Waals surface area contributed by atoms with Gasteiger partial charge in [0, 0.05) is 26.3 Å². The fraction of sp³-hybridized carbons (Fsp3) is 0.529. The van der Waals surface area contributed by atoms with E-state index in [1.54, 1.807) is 24.3 Å². The molecule has 0 aliphatic rings. The third-order valence-electron chi connectivity index (χ3n) is 8.77. The summed E-state index contributed by atoms with van der Waals surface area (Å²) in [6.07, 6.45) is 18.3. The van der Waals surface area contributed by atoms with Crippen LogP contribution in [0.1, 0.15) is 184 Å². The van der Waals surface area contributed by atoms with E-state index in [4.69, 9.17) is 34.1 Å². The first-order chi connectivity index (χ1) is 31.3. The molecule has 0 aliphatic heterocycles. The van der Waals surface area contributed by atoms with Crippen LogP contribution in [-0.2, 0) is 28.7 Å². The van der Waals surface area contributed by atoms with Crippen molar-refractivity contribution < 1.29 is 167 Å². The summed E-state index contributed by atoms with van der Waals surface area (Å²) >= 11 is 9.92. The molecule has 3 aromatic rings. The molecule has 0 aliphatic carbocycles. The Morgan fingerprint density at radius 3 is 1.12 bits per heavy atom. The second kappa shape index (κ2) is 45.7. The molecule has 0 saturated heterocycles. The van der Waals surface area contributed by atoms with Crippen LogP contribution < -0.4 is 118 Å². The number of hydrogen-bond donors (Lipinski definition) is 1. The fourth-order valence-electron chi connectivity index (χ4n) is 5.74. The van der Waals surface area contributed by atoms with Crippen LogP contribution in [0, 0.1) is 0 Å². The zero-order chi connectivity index (χ0) is 49.8. The first-order valence-corrected chi connectivity index (χ1v) is 24.5. The Hall–Kier alpha value is -0.847. The number of phenolic OH excluding ortho intramolecular Hbond substituents is 1. The summed E-state index contributed by atoms with van der Waals surface area (Å²) in [5.74, 6) is 1.08. The van der Waals surface area contributed by atoms with E-state index in [2.05, 4.69) is 52.7 Å². The van der Waals surface area contributed by atoms with Gasteiger partial charge in [-0.1, -0.05) is 119 Å². The molecule has 69 heavy (non-hydrogen) atoms. The molecule has 0 spiro atoms. The van der Waals surface area contributed by atoms with Crippen LogP contribution in [0.15, 0.2) is 68.0 Å². The number of rotatable bonds is 26. The van der Waals surface area contributed by atoms with E-state index in [9.17, 15) is 24.0 Å². The first kappa shape index (κ1) is 74.7. The predicted octanol–water partition coefficient (Wildman–Crippen LogP) is 7.36. The van der Waals surface area contributed by atoms with Crippen LogP contribution in [0.25, 0.3) is 0 Å². The molecule has 378 valence electrons. The Bertz CT molecular complexity index is 1780. The number of ether oxygens (including phenoxy) is 4. The quantitative estimate of drug-likeness (QED) is 0.0210. The zero-order valence-electron chi connectivity index (χ0n) is 42.2. The van der Waals surface area contributed by atoms with Crippen molar-refractivity contribution in [3.05, 3.63) is 84.7 Å². The molecule has 0 bridgehead atoms. The van der Waals surface area contributed by atoms with Crippen LogP contribution >= 0.6 is 47.8 Å². The van der Waals surface area contributed by atoms with Gasteiger partial charge >= 0.3 is 115 Å². The Kier molecular flexibility index (Phi) is 49.5. The van der Waals surface area contributed by atoms with Crippen molar-refractivity contribution in [1.29, 1.82) is 0 Å². The van der Waals surface area contributed by atoms with Gasteiger partial charge in [-0.25, -0.2) is 0 Å². The molecular weight excluding hydrogens is 1140 g/mol. The van der Waals surface area contributed by atoms with E-state index in [-0.39, 0.29) is 147 Å². The first-order valence-electron chi connectivity index (χ1n) is 22.1. The van der Waals surface area contributed by atoms with Crippen molar-refractivity contribution in [2.75, 3.05) is 13.2 Å². The Morgan fingerprint density at radius 1 is 0.536 bits per heavy atom. The fourth-order valence-corrected chi connectivity index (χ4v) is 6.77. The standard InChI is InChI=1S/2C21H31BrO4.C7H5BrO2.CH2O3.CH4.2K.H/c2*1-21(2,3)26-20(24)11-9-7-5-4-6-8-10-14-25-19-15-18(22)13-12-17(19)16-23;8-6-2-1-5(4-9)7(10)3-6;2-1-4-3;;;;/h2*12-13,15-16H,4-11,14H2,1-3H3;1-4,10H;1,3H;1H4;;;/q;;;;;2*+1;-1/p-1. The third-order valence-corrected chi connectivity index (χ3v) is 10.2. The molecule has 0 aromatic heterocycles. The second-order valence-electron chi connectivity index (χ2n) is 16.9. The number of halogens is 3. The van der Waals surface area contributed by atoms with E-state index < -0.39 is 0 Å². The third kappa shape index (κ3) is 43.3. The molecule has 0 atom stereocenters. The number of carbonyl (C=O) groups excluding carboxylic acids is 6. The summed E-state index contributed by atoms with van der Waals surface area (Å²) in [6.45, 7) is 12.4. The number of hydrogen-bond acceptors (Lipinski definition) is 13. The summed E-state index contributed by atoms with van der Waals surface area (Å²) in [6, 6.07) is 15.6. The van der Waals surface area contributed by atoms with Gasteiger partial charge in [-0.3, -0.25) is 28.8 Å². The molecule has 0 unspecified atom stereocenters. The average molecular weight is 1210 g/mol. The summed E-state index contributed by atoms with van der Waals surface area (Å²) in [4.78, 5) is 66.6. The maximum absolute atomic E-state index is 11.6. The molecule has 13 nitrogen and oxygen atoms in total. The van der Waals surface area contributed by atoms with Gasteiger partial charge in [0.2, 0.25) is 0 Å². The van der Waals surface area contributed by atoms with Crippen LogP contribution in [0.3, 0.4) is 0 Å². The van der Waals surface area contributed by atoms with E-state index in [0.29, 0.717) is 60.5 Å². The molecule has 0 radical (unpaired) electrons. The summed E-state index contributed by atoms with van der Waals surface area (Å²) in [5.41, 5.74) is 0.697. The average Bonchev–Trinajstić information content (AvgIpc) is 3.24. The van der Waals surface area contributed by atoms with Gasteiger partial charge in [-0.15, -0.1) is 0 Å². The van der Waals surface area contributed by atoms with Gasteiger partial charge in [-0.2, -0.15) is 0 Å². The molecule has 3 aromatic carbocycles. The van der Waals surface area contributed by atoms with Crippen LogP contribution in [-0.4, -0.2) is 66.8 Å². The van der Waals surface area contributed by atoms with Gasteiger partial charge in [0.15, 0.2) is 18.9 Å². The Balaban J connectivity index is -0.000000302. The van der Waals surface area contributed by atoms with Gasteiger partial charge in [0.1, 0.15) is 28.5 Å². The summed E-state index contributed by atoms with van der Waals surface area (Å²) in [5, 5.41) is 17.5. The molecular formula is C51H73Br3K2O13. The number of esters is 2. The van der Waals surface area contributed by atoms with Gasteiger partial charge < -0.3 is 35.6 Å². The monoisotopic (exact) mass is 1210 g/mol. The molecule has 0 saturated carbocycles. The minimum atomic E-state index is -0.387. The molecule has 18 heteroatoms. The summed E-state index contributed by atoms with van der Waals surface area (Å²) < 4.78 is 24.6. The van der Waals surface area contributed by atoms with Crippen LogP contribution in [0.5, 0.6) is 17.2 Å². The van der Waals surface area contributed by atoms with Gasteiger partial charge in [-0.05, 0) is 122 Å². The second-order valence-corrected chi connectivity index (χ2v) is 19.7. The van der Waals surface area contributed by atoms with Crippen molar-refractivity contribution in [1.82, 2.24) is 0 Å². The number of benzene rings is 3. The van der Waals surface area contributed by atoms with Crippen LogP contribution in [0.4, 0.5) is 0 Å². The van der Waals surface area contributed by atoms with Crippen molar-refractivity contribution in [2.45, 2.75) is 163 Å². The number of carbonyl (C=O) groups is 6. The smallest absolute Gasteiger partial charge is 1.00 e. The molecule has 0 amide bonds. The van der Waals surface area contributed by atoms with Crippen molar-refractivity contribution in [3.63, 3.8) is 0 Å². The SMILES string of the molecule is C.CC(C)(C)OC(=O)CCCCCCCCCOc1cc(Br)ccc1C=O.CC(C)(C)OC(=O)CCCCCCCCCOc1cc(Br)ccc1C=O.O=CO[O-].O=Cc1ccc(Br)cc1O.[H-].[K+].[K+]. The molecule has 3 rings (SSSR count). The van der Waals surface area contributed by atoms with E-state index in [1.165, 1.54) is 18.9 Å². The molecule has 0 heterocycles. The number of unbranched alkanes of at least 4 members (excludes halogenated alkanes) is 12. The largest absolute Gasteiger partial charge is 1.00 e. The maximum atomic E-state index is 11.6. The van der Waals surface area contributed by atoms with Gasteiger partial charge in [0.25, 0.3) is 6.47 Å². The molecule has 0 fully saturated rings. The number of phenols is 1. The van der Waals surface area contributed by atoms with E-state index >= 15 is 0 Å². The van der Waals surface area contributed by atoms with Crippen LogP contribution in [0.2, 0.25) is 0 Å². The van der Waals surface area contributed by atoms with Crippen molar-refractivity contribution in [2.24, 2.45) is 0 Å². The number of aromatic hydroxyl groups is 1. The Morgan fingerprint density at radius 2 is 0.826 bits per heavy atom. The van der Waals surface area contributed by atoms with E-state index in [0.717, 1.165) is 103 Å². The topological polar surface area (TPSA) is 192 Å². The minimum absolute atomic E-state index is 0. The predicted molar refractivity (Wildman–Crippen MR) is 272 cm³/mol. The molecule has 1 N–H and O–H groups in total. The van der Waals surface area contributed by atoms with Crippen molar-refractivity contribution in [3.8, 4) is 17.2 Å². The summed E-state index contributed by atoms with van der Waals surface area (Å²) in [7, 11) is 0. The van der Waals surface area contributed by atoms with Gasteiger partial charge in [0.05, 0.1) is 29.9 Å². The Labute approximate surface area is 523 Å². The van der Waals surface area contributed by atoms with E-state index in [1.807, 2.05) is 65.8 Å². The van der Waals surface area contributed by atoms with Crippen molar-refractivity contribution >= 4 is 85.1 Å². The number of aldehydes is 3.